The summed E-state index contributed by atoms with van der Waals surface area (Å²) in [6.07, 6.45) is 7.28. The minimum atomic E-state index is -2.63. The molecule has 5 nitrogen and oxygen atoms in total. The van der Waals surface area contributed by atoms with E-state index >= 15 is 0 Å². The van der Waals surface area contributed by atoms with E-state index in [0.717, 1.165) is 28.0 Å². The Morgan fingerprint density at radius 1 is 1.09 bits per heavy atom. The van der Waals surface area contributed by atoms with Gasteiger partial charge in [-0.15, -0.1) is 0 Å². The predicted octanol–water partition coefficient (Wildman–Crippen LogP) is 6.38. The van der Waals surface area contributed by atoms with Crippen molar-refractivity contribution < 1.29 is 8.78 Å². The maximum Gasteiger partial charge on any atom is 0.333 e. The average Bonchev–Trinajstić information content (AvgIpc) is 3.21. The molecule has 0 aliphatic heterocycles. The van der Waals surface area contributed by atoms with E-state index in [4.69, 9.17) is 0 Å². The Kier molecular flexibility index (Phi) is 6.59. The molecule has 7 heteroatoms. The largest absolute Gasteiger partial charge is 0.378 e. The summed E-state index contributed by atoms with van der Waals surface area (Å²) in [5, 5.41) is 8.89. The van der Waals surface area contributed by atoms with Gasteiger partial charge < -0.3 is 4.90 Å². The van der Waals surface area contributed by atoms with Crippen LogP contribution in [0.15, 0.2) is 42.9 Å². The van der Waals surface area contributed by atoms with Crippen LogP contribution in [0.3, 0.4) is 0 Å². The third-order valence-corrected chi connectivity index (χ3v) is 7.06. The molecule has 1 aliphatic carbocycles. The molecule has 0 amide bonds. The van der Waals surface area contributed by atoms with Crippen LogP contribution in [0, 0.1) is 5.92 Å². The number of hydrogen-bond donors (Lipinski definition) is 0. The van der Waals surface area contributed by atoms with E-state index in [0.29, 0.717) is 24.3 Å². The van der Waals surface area contributed by atoms with Crippen molar-refractivity contribution >= 4 is 5.69 Å². The van der Waals surface area contributed by atoms with Crippen molar-refractivity contribution in [3.63, 3.8) is 0 Å². The molecule has 0 radical (unpaired) electrons. The van der Waals surface area contributed by atoms with Gasteiger partial charge in [-0.25, -0.2) is 4.68 Å². The average molecular weight is 456 g/mol. The Hall–Kier alpha value is -2.70. The zero-order valence-corrected chi connectivity index (χ0v) is 20.4. The minimum Gasteiger partial charge on any atom is -0.378 e. The smallest absolute Gasteiger partial charge is 0.333 e. The maximum atomic E-state index is 13.5. The second-order valence-electron chi connectivity index (χ2n) is 10.0. The van der Waals surface area contributed by atoms with E-state index < -0.39 is 6.55 Å². The monoisotopic (exact) mass is 455 g/mol. The van der Waals surface area contributed by atoms with Crippen LogP contribution < -0.4 is 4.90 Å². The van der Waals surface area contributed by atoms with E-state index in [2.05, 4.69) is 71.9 Å². The van der Waals surface area contributed by atoms with Crippen LogP contribution in [0.5, 0.6) is 0 Å². The molecule has 33 heavy (non-hydrogen) atoms. The normalized spacial score (nSPS) is 19.8. The van der Waals surface area contributed by atoms with E-state index in [1.165, 1.54) is 11.1 Å². The van der Waals surface area contributed by atoms with Crippen LogP contribution in [0.1, 0.15) is 86.8 Å². The topological polar surface area (TPSA) is 38.9 Å². The quantitative estimate of drug-likeness (QED) is 0.376. The molecular weight excluding hydrogens is 420 g/mol. The van der Waals surface area contributed by atoms with Crippen molar-refractivity contribution in [3.8, 4) is 0 Å². The van der Waals surface area contributed by atoms with E-state index in [9.17, 15) is 8.78 Å². The van der Waals surface area contributed by atoms with Crippen molar-refractivity contribution in [2.45, 2.75) is 70.9 Å². The molecule has 178 valence electrons. The van der Waals surface area contributed by atoms with Gasteiger partial charge in [0.25, 0.3) is 0 Å². The highest BCUT2D eigenvalue weighted by Crippen LogP contribution is 2.52. The van der Waals surface area contributed by atoms with Crippen LogP contribution in [0.2, 0.25) is 0 Å². The molecule has 1 saturated carbocycles. The molecular formula is C26H35F2N5. The molecule has 4 rings (SSSR count). The van der Waals surface area contributed by atoms with Gasteiger partial charge in [0, 0.05) is 32.2 Å². The lowest BCUT2D eigenvalue weighted by Crippen LogP contribution is -2.10. The highest BCUT2D eigenvalue weighted by Gasteiger charge is 2.44. The molecule has 1 aliphatic rings. The van der Waals surface area contributed by atoms with Gasteiger partial charge in [0.2, 0.25) is 0 Å². The summed E-state index contributed by atoms with van der Waals surface area (Å²) in [5.41, 5.74) is 5.27. The summed E-state index contributed by atoms with van der Waals surface area (Å²) in [5.74, 6) is 1.14. The fraction of sp³-hybridized carbons (Fsp3) is 0.538. The summed E-state index contributed by atoms with van der Waals surface area (Å²) < 4.78 is 30.0. The maximum absolute atomic E-state index is 13.5. The Morgan fingerprint density at radius 2 is 1.85 bits per heavy atom. The van der Waals surface area contributed by atoms with Gasteiger partial charge in [-0.05, 0) is 65.3 Å². The summed E-state index contributed by atoms with van der Waals surface area (Å²) in [6, 6.07) is 8.71. The highest BCUT2D eigenvalue weighted by molar-refractivity contribution is 5.48. The number of rotatable bonds is 9. The fourth-order valence-electron chi connectivity index (χ4n) is 4.70. The van der Waals surface area contributed by atoms with Crippen LogP contribution >= 0.6 is 0 Å². The Labute approximate surface area is 195 Å². The third kappa shape index (κ3) is 4.97. The fourth-order valence-corrected chi connectivity index (χ4v) is 4.70. The zero-order valence-electron chi connectivity index (χ0n) is 20.4. The number of benzene rings is 1. The first-order chi connectivity index (χ1) is 15.7. The van der Waals surface area contributed by atoms with E-state index in [-0.39, 0.29) is 11.8 Å². The van der Waals surface area contributed by atoms with Gasteiger partial charge in [0.05, 0.1) is 17.9 Å². The van der Waals surface area contributed by atoms with E-state index in [1.807, 2.05) is 26.4 Å². The Morgan fingerprint density at radius 3 is 2.48 bits per heavy atom. The van der Waals surface area contributed by atoms with Crippen molar-refractivity contribution in [3.05, 3.63) is 65.2 Å². The third-order valence-electron chi connectivity index (χ3n) is 7.06. The number of alkyl halides is 2. The van der Waals surface area contributed by atoms with Crippen molar-refractivity contribution in [1.29, 1.82) is 0 Å². The first kappa shape index (κ1) is 23.5. The molecule has 2 aromatic heterocycles. The lowest BCUT2D eigenvalue weighted by atomic mass is 9.90. The number of nitrogens with zero attached hydrogens (tertiary/aromatic N) is 5. The Bertz CT molecular complexity index is 1080. The highest BCUT2D eigenvalue weighted by atomic mass is 19.3. The van der Waals surface area contributed by atoms with Crippen LogP contribution in [-0.2, 0) is 6.42 Å². The first-order valence-corrected chi connectivity index (χ1v) is 11.8. The minimum absolute atomic E-state index is 0.143. The summed E-state index contributed by atoms with van der Waals surface area (Å²) in [7, 11) is 4.04. The number of hydrogen-bond acceptors (Lipinski definition) is 3. The molecule has 1 aromatic carbocycles. The van der Waals surface area contributed by atoms with Gasteiger partial charge in [-0.1, -0.05) is 39.8 Å². The zero-order chi connectivity index (χ0) is 23.9. The lowest BCUT2D eigenvalue weighted by molar-refractivity contribution is 0.0560. The van der Waals surface area contributed by atoms with Gasteiger partial charge in [0.15, 0.2) is 0 Å². The summed E-state index contributed by atoms with van der Waals surface area (Å²) in [4.78, 5) is 2.07. The molecule has 4 atom stereocenters. The van der Waals surface area contributed by atoms with Crippen molar-refractivity contribution in [1.82, 2.24) is 19.6 Å². The predicted molar refractivity (Wildman–Crippen MR) is 128 cm³/mol. The van der Waals surface area contributed by atoms with Gasteiger partial charge in [0.1, 0.15) is 0 Å². The van der Waals surface area contributed by atoms with Crippen LogP contribution in [0.25, 0.3) is 0 Å². The first-order valence-electron chi connectivity index (χ1n) is 11.8. The molecule has 0 N–H and O–H groups in total. The summed E-state index contributed by atoms with van der Waals surface area (Å²) in [6.45, 7) is 5.97. The van der Waals surface area contributed by atoms with Crippen LogP contribution in [0.4, 0.5) is 14.5 Å². The molecule has 0 bridgehead atoms. The Balaban J connectivity index is 1.54. The molecule has 0 spiro atoms. The van der Waals surface area contributed by atoms with Crippen molar-refractivity contribution in [2.75, 3.05) is 19.0 Å². The molecule has 3 aromatic rings. The molecule has 0 saturated heterocycles. The SMILES string of the molecule is CC(C)c1cnn(C2CC2C(C)c2cn(C(F)F)nc2CC(C)c2cccc(N(C)C)c2)c1. The number of halogens is 2. The van der Waals surface area contributed by atoms with Crippen LogP contribution in [-0.4, -0.2) is 33.7 Å². The van der Waals surface area contributed by atoms with Gasteiger partial charge >= 0.3 is 6.55 Å². The molecule has 4 unspecified atom stereocenters. The standard InChI is InChI=1S/C26H35F2N5/c1-16(2)20-13-29-32(14-20)25-12-22(25)18(4)23-15-33(26(27)28)30-24(23)10-17(3)19-8-7-9-21(11-19)31(5)6/h7-9,11,13-18,22,25-26H,10,12H2,1-6H3. The summed E-state index contributed by atoms with van der Waals surface area (Å²) >= 11 is 0. The second kappa shape index (κ2) is 9.27. The lowest BCUT2D eigenvalue weighted by Gasteiger charge is -2.18. The van der Waals surface area contributed by atoms with Gasteiger partial charge in [-0.3, -0.25) is 4.68 Å². The molecule has 1 fully saturated rings. The molecule has 2 heterocycles. The van der Waals surface area contributed by atoms with Crippen molar-refractivity contribution in [2.24, 2.45) is 5.92 Å². The number of aromatic nitrogens is 4. The number of anilines is 1. The second-order valence-corrected chi connectivity index (χ2v) is 10.0. The van der Waals surface area contributed by atoms with Gasteiger partial charge in [-0.2, -0.15) is 19.0 Å². The van der Waals surface area contributed by atoms with E-state index in [1.54, 1.807) is 6.20 Å².